The molecule has 1 saturated heterocycles. The summed E-state index contributed by atoms with van der Waals surface area (Å²) in [5.74, 6) is 1.87. The summed E-state index contributed by atoms with van der Waals surface area (Å²) in [5, 5.41) is 0. The molecule has 3 aromatic carbocycles. The van der Waals surface area contributed by atoms with E-state index in [1.807, 2.05) is 12.1 Å². The summed E-state index contributed by atoms with van der Waals surface area (Å²) in [5.41, 5.74) is 7.98. The molecule has 1 fully saturated rings. The highest BCUT2D eigenvalue weighted by Gasteiger charge is 2.22. The number of Topliss-reactive ketones (excluding diaryl/α,β-unsaturated/α-hetero) is 1. The highest BCUT2D eigenvalue weighted by Crippen LogP contribution is 2.27. The van der Waals surface area contributed by atoms with E-state index < -0.39 is 0 Å². The quantitative estimate of drug-likeness (QED) is 0.224. The Bertz CT molecular complexity index is 1290. The van der Waals surface area contributed by atoms with E-state index >= 15 is 0 Å². The highest BCUT2D eigenvalue weighted by atomic mass is 35.5. The van der Waals surface area contributed by atoms with Gasteiger partial charge in [-0.25, -0.2) is 0 Å². The maximum Gasteiger partial charge on any atom is 0.162 e. The molecule has 0 bridgehead atoms. The number of piperidine rings is 1. The van der Waals surface area contributed by atoms with Crippen LogP contribution in [0.3, 0.4) is 0 Å². The van der Waals surface area contributed by atoms with Gasteiger partial charge < -0.3 is 4.74 Å². The standard InChI is InChI=1S/C37H48N2O2.2ClH/c1-37(2,3)34-12-5-29(6-13-34)26-38-21-17-28(18-22-38)9-16-36(40)33-11-10-31-19-23-39(24-20-32(31)25-33)27-30-7-14-35(41-4)15-8-30;;/h5-8,10-15,25,28H,9,16-24,26-27H2,1-4H3;2*1H. The smallest absolute Gasteiger partial charge is 0.162 e. The topological polar surface area (TPSA) is 32.8 Å². The molecule has 0 amide bonds. The molecule has 0 radical (unpaired) electrons. The van der Waals surface area contributed by atoms with E-state index in [0.717, 1.165) is 69.8 Å². The molecule has 2 heterocycles. The number of rotatable bonds is 9. The number of fused-ring (bicyclic) bond motifs is 1. The number of nitrogens with zero attached hydrogens (tertiary/aromatic N) is 2. The fraction of sp³-hybridized carbons (Fsp3) is 0.486. The summed E-state index contributed by atoms with van der Waals surface area (Å²) < 4.78 is 5.30. The van der Waals surface area contributed by atoms with Gasteiger partial charge in [-0.3, -0.25) is 14.6 Å². The zero-order valence-corrected chi connectivity index (χ0v) is 28.1. The Labute approximate surface area is 272 Å². The fourth-order valence-electron chi connectivity index (χ4n) is 6.37. The molecular weight excluding hydrogens is 575 g/mol. The molecule has 234 valence electrons. The average Bonchev–Trinajstić information content (AvgIpc) is 3.18. The van der Waals surface area contributed by atoms with Crippen LogP contribution in [0.5, 0.6) is 5.75 Å². The first-order valence-electron chi connectivity index (χ1n) is 15.6. The molecule has 4 nitrogen and oxygen atoms in total. The number of benzene rings is 3. The Hall–Kier alpha value is -2.37. The van der Waals surface area contributed by atoms with Crippen LogP contribution in [0.2, 0.25) is 0 Å². The van der Waals surface area contributed by atoms with E-state index in [2.05, 4.69) is 85.2 Å². The lowest BCUT2D eigenvalue weighted by atomic mass is 9.86. The van der Waals surface area contributed by atoms with Crippen LogP contribution < -0.4 is 4.74 Å². The largest absolute Gasteiger partial charge is 0.497 e. The molecule has 0 aromatic heterocycles. The van der Waals surface area contributed by atoms with E-state index in [0.29, 0.717) is 18.1 Å². The first-order chi connectivity index (χ1) is 19.8. The van der Waals surface area contributed by atoms with Gasteiger partial charge in [-0.15, -0.1) is 24.8 Å². The molecule has 2 aliphatic rings. The van der Waals surface area contributed by atoms with Gasteiger partial charge in [0, 0.05) is 38.2 Å². The van der Waals surface area contributed by atoms with Gasteiger partial charge in [0.15, 0.2) is 5.78 Å². The molecule has 43 heavy (non-hydrogen) atoms. The molecule has 0 aliphatic carbocycles. The minimum atomic E-state index is 0. The van der Waals surface area contributed by atoms with Gasteiger partial charge >= 0.3 is 0 Å². The van der Waals surface area contributed by atoms with Gasteiger partial charge in [0.05, 0.1) is 7.11 Å². The first-order valence-corrected chi connectivity index (χ1v) is 15.6. The van der Waals surface area contributed by atoms with Crippen molar-refractivity contribution in [3.63, 3.8) is 0 Å². The average molecular weight is 626 g/mol. The van der Waals surface area contributed by atoms with Gasteiger partial charge in [0.1, 0.15) is 5.75 Å². The van der Waals surface area contributed by atoms with Crippen molar-refractivity contribution in [2.24, 2.45) is 5.92 Å². The normalized spacial score (nSPS) is 16.4. The van der Waals surface area contributed by atoms with Crippen molar-refractivity contribution in [1.29, 1.82) is 0 Å². The summed E-state index contributed by atoms with van der Waals surface area (Å²) in [6, 6.07) is 24.0. The molecular formula is C37H50Cl2N2O2. The number of hydrogen-bond acceptors (Lipinski definition) is 4. The Balaban J connectivity index is 0.00000253. The molecule has 0 unspecified atom stereocenters. The lowest BCUT2D eigenvalue weighted by molar-refractivity contribution is 0.0961. The number of ketones is 1. The van der Waals surface area contributed by atoms with E-state index in [1.54, 1.807) is 7.11 Å². The number of ether oxygens (including phenoxy) is 1. The van der Waals surface area contributed by atoms with Crippen molar-refractivity contribution in [2.45, 2.75) is 77.8 Å². The third-order valence-corrected chi connectivity index (χ3v) is 9.20. The summed E-state index contributed by atoms with van der Waals surface area (Å²) in [6.07, 6.45) is 6.12. The van der Waals surface area contributed by atoms with E-state index in [4.69, 9.17) is 4.74 Å². The Morgan fingerprint density at radius 1 is 0.767 bits per heavy atom. The van der Waals surface area contributed by atoms with Crippen molar-refractivity contribution in [1.82, 2.24) is 9.80 Å². The number of carbonyl (C=O) groups excluding carboxylic acids is 1. The van der Waals surface area contributed by atoms with Crippen molar-refractivity contribution in [3.05, 3.63) is 100 Å². The summed E-state index contributed by atoms with van der Waals surface area (Å²) in [6.45, 7) is 13.1. The minimum absolute atomic E-state index is 0. The van der Waals surface area contributed by atoms with E-state index in [9.17, 15) is 4.79 Å². The lowest BCUT2D eigenvalue weighted by Gasteiger charge is -2.32. The molecule has 0 atom stereocenters. The SMILES string of the molecule is COc1ccc(CN2CCc3ccc(C(=O)CCC4CCN(Cc5ccc(C(C)(C)C)cc5)CC4)cc3CC2)cc1.Cl.Cl. The summed E-state index contributed by atoms with van der Waals surface area (Å²) in [4.78, 5) is 18.3. The van der Waals surface area contributed by atoms with Crippen molar-refractivity contribution in [3.8, 4) is 5.75 Å². The second-order valence-electron chi connectivity index (χ2n) is 13.2. The summed E-state index contributed by atoms with van der Waals surface area (Å²) in [7, 11) is 1.71. The zero-order valence-electron chi connectivity index (χ0n) is 26.4. The summed E-state index contributed by atoms with van der Waals surface area (Å²) >= 11 is 0. The van der Waals surface area contributed by atoms with Crippen LogP contribution in [0.15, 0.2) is 66.7 Å². The predicted octanol–water partition coefficient (Wildman–Crippen LogP) is 8.31. The third kappa shape index (κ3) is 9.81. The first kappa shape index (κ1) is 35.1. The molecule has 0 spiro atoms. The Kier molecular flexibility index (Phi) is 13.1. The molecule has 0 N–H and O–H groups in total. The van der Waals surface area contributed by atoms with Crippen LogP contribution in [0, 0.1) is 5.92 Å². The van der Waals surface area contributed by atoms with Crippen LogP contribution in [0.25, 0.3) is 0 Å². The van der Waals surface area contributed by atoms with Crippen molar-refractivity contribution in [2.75, 3.05) is 33.3 Å². The van der Waals surface area contributed by atoms with Crippen LogP contribution in [0.4, 0.5) is 0 Å². The number of halogens is 2. The third-order valence-electron chi connectivity index (χ3n) is 9.20. The number of methoxy groups -OCH3 is 1. The molecule has 2 aliphatic heterocycles. The van der Waals surface area contributed by atoms with Crippen LogP contribution in [0.1, 0.15) is 84.6 Å². The number of hydrogen-bond donors (Lipinski definition) is 0. The number of likely N-dealkylation sites (tertiary alicyclic amines) is 1. The Morgan fingerprint density at radius 3 is 1.91 bits per heavy atom. The second-order valence-corrected chi connectivity index (χ2v) is 13.2. The minimum Gasteiger partial charge on any atom is -0.497 e. The monoisotopic (exact) mass is 624 g/mol. The van der Waals surface area contributed by atoms with Crippen LogP contribution in [-0.2, 0) is 31.3 Å². The number of carbonyl (C=O) groups is 1. The second kappa shape index (κ2) is 16.1. The van der Waals surface area contributed by atoms with Gasteiger partial charge in [-0.1, -0.05) is 69.3 Å². The van der Waals surface area contributed by atoms with Crippen molar-refractivity contribution >= 4 is 30.6 Å². The van der Waals surface area contributed by atoms with E-state index in [1.165, 1.54) is 40.7 Å². The molecule has 0 saturated carbocycles. The van der Waals surface area contributed by atoms with Crippen LogP contribution >= 0.6 is 24.8 Å². The highest BCUT2D eigenvalue weighted by molar-refractivity contribution is 5.96. The molecule has 5 rings (SSSR count). The van der Waals surface area contributed by atoms with Gasteiger partial charge in [-0.2, -0.15) is 0 Å². The van der Waals surface area contributed by atoms with Crippen molar-refractivity contribution < 1.29 is 9.53 Å². The van der Waals surface area contributed by atoms with Gasteiger partial charge in [0.2, 0.25) is 0 Å². The maximum atomic E-state index is 13.2. The molecule has 6 heteroatoms. The Morgan fingerprint density at radius 2 is 1.33 bits per heavy atom. The zero-order chi connectivity index (χ0) is 28.8. The molecule has 3 aromatic rings. The van der Waals surface area contributed by atoms with Gasteiger partial charge in [0.25, 0.3) is 0 Å². The van der Waals surface area contributed by atoms with Gasteiger partial charge in [-0.05, 0) is 103 Å². The predicted molar refractivity (Wildman–Crippen MR) is 183 cm³/mol. The van der Waals surface area contributed by atoms with E-state index in [-0.39, 0.29) is 30.2 Å². The maximum absolute atomic E-state index is 13.2. The lowest BCUT2D eigenvalue weighted by Crippen LogP contribution is -2.33. The van der Waals surface area contributed by atoms with Crippen LogP contribution in [-0.4, -0.2) is 48.9 Å². The fourth-order valence-corrected chi connectivity index (χ4v) is 6.37.